The molecule has 1 aromatic heterocycles. The fraction of sp³-hybridized carbons (Fsp3) is 0.500. The summed E-state index contributed by atoms with van der Waals surface area (Å²) in [5, 5.41) is 2.86. The number of morpholine rings is 1. The van der Waals surface area contributed by atoms with E-state index in [9.17, 15) is 4.79 Å². The van der Waals surface area contributed by atoms with Crippen LogP contribution >= 0.6 is 0 Å². The molecule has 0 saturated carbocycles. The molecule has 3 heterocycles. The Hall–Kier alpha value is -2.15. The highest BCUT2D eigenvalue weighted by molar-refractivity contribution is 5.87. The summed E-state index contributed by atoms with van der Waals surface area (Å²) in [5.74, 6) is 1.51. The highest BCUT2D eigenvalue weighted by atomic mass is 16.5. The molecule has 0 atom stereocenters. The van der Waals surface area contributed by atoms with E-state index < -0.39 is 0 Å². The molecule has 1 aromatic rings. The fourth-order valence-electron chi connectivity index (χ4n) is 2.45. The Kier molecular flexibility index (Phi) is 4.01. The van der Waals surface area contributed by atoms with Gasteiger partial charge in [0.2, 0.25) is 11.9 Å². The molecule has 2 aliphatic heterocycles. The van der Waals surface area contributed by atoms with Crippen molar-refractivity contribution in [2.45, 2.75) is 6.04 Å². The van der Waals surface area contributed by atoms with Crippen LogP contribution in [-0.4, -0.2) is 61.3 Å². The Labute approximate surface area is 123 Å². The maximum absolute atomic E-state index is 11.2. The number of aromatic nitrogens is 2. The van der Waals surface area contributed by atoms with Crippen molar-refractivity contribution in [1.29, 1.82) is 0 Å². The fourth-order valence-corrected chi connectivity index (χ4v) is 2.45. The minimum atomic E-state index is -0.136. The van der Waals surface area contributed by atoms with Crippen LogP contribution < -0.4 is 15.1 Å². The normalized spacial score (nSPS) is 19.0. The van der Waals surface area contributed by atoms with Gasteiger partial charge in [0, 0.05) is 32.4 Å². The van der Waals surface area contributed by atoms with E-state index in [2.05, 4.69) is 31.7 Å². The number of hydrogen-bond donors (Lipinski definition) is 1. The van der Waals surface area contributed by atoms with Crippen molar-refractivity contribution in [1.82, 2.24) is 15.3 Å². The van der Waals surface area contributed by atoms with E-state index in [1.807, 2.05) is 6.07 Å². The van der Waals surface area contributed by atoms with Gasteiger partial charge in [-0.3, -0.25) is 4.79 Å². The van der Waals surface area contributed by atoms with Gasteiger partial charge >= 0.3 is 0 Å². The molecule has 2 aliphatic rings. The standard InChI is InChI=1S/C14H19N5O2/c1-2-13(20)16-11-9-19(10-11)14-15-4-3-12(17-14)18-5-7-21-8-6-18/h2-4,11H,1,5-10H2,(H,16,20). The minimum Gasteiger partial charge on any atom is -0.378 e. The third kappa shape index (κ3) is 3.13. The van der Waals surface area contributed by atoms with Crippen LogP contribution in [0.25, 0.3) is 0 Å². The van der Waals surface area contributed by atoms with Crippen LogP contribution in [-0.2, 0) is 9.53 Å². The highest BCUT2D eigenvalue weighted by Crippen LogP contribution is 2.20. The van der Waals surface area contributed by atoms with Gasteiger partial charge in [0.05, 0.1) is 19.3 Å². The van der Waals surface area contributed by atoms with Crippen LogP contribution in [0.5, 0.6) is 0 Å². The monoisotopic (exact) mass is 289 g/mol. The predicted molar refractivity (Wildman–Crippen MR) is 79.4 cm³/mol. The van der Waals surface area contributed by atoms with Crippen molar-refractivity contribution in [2.24, 2.45) is 0 Å². The molecular weight excluding hydrogens is 270 g/mol. The van der Waals surface area contributed by atoms with Gasteiger partial charge in [-0.2, -0.15) is 4.98 Å². The van der Waals surface area contributed by atoms with Gasteiger partial charge < -0.3 is 19.9 Å². The van der Waals surface area contributed by atoms with Gasteiger partial charge in [-0.15, -0.1) is 0 Å². The Morgan fingerprint density at radius 2 is 2.14 bits per heavy atom. The summed E-state index contributed by atoms with van der Waals surface area (Å²) in [6.07, 6.45) is 3.07. The van der Waals surface area contributed by atoms with Crippen LogP contribution in [0.3, 0.4) is 0 Å². The lowest BCUT2D eigenvalue weighted by Crippen LogP contribution is -2.59. The third-order valence-corrected chi connectivity index (χ3v) is 3.66. The van der Waals surface area contributed by atoms with Crippen molar-refractivity contribution in [3.63, 3.8) is 0 Å². The first kappa shape index (κ1) is 13.8. The first-order valence-corrected chi connectivity index (χ1v) is 7.10. The lowest BCUT2D eigenvalue weighted by Gasteiger charge is -2.39. The van der Waals surface area contributed by atoms with E-state index in [1.54, 1.807) is 6.20 Å². The van der Waals surface area contributed by atoms with Gasteiger partial charge in [0.1, 0.15) is 5.82 Å². The number of nitrogens with one attached hydrogen (secondary N) is 1. The Balaban J connectivity index is 1.59. The molecule has 7 heteroatoms. The van der Waals surface area contributed by atoms with Crippen LogP contribution in [0, 0.1) is 0 Å². The lowest BCUT2D eigenvalue weighted by atomic mass is 10.1. The molecule has 3 rings (SSSR count). The second-order valence-electron chi connectivity index (χ2n) is 5.13. The quantitative estimate of drug-likeness (QED) is 0.774. The highest BCUT2D eigenvalue weighted by Gasteiger charge is 2.29. The summed E-state index contributed by atoms with van der Waals surface area (Å²) in [7, 11) is 0. The first-order valence-electron chi connectivity index (χ1n) is 7.10. The second kappa shape index (κ2) is 6.09. The first-order chi connectivity index (χ1) is 10.3. The maximum atomic E-state index is 11.2. The predicted octanol–water partition coefficient (Wildman–Crippen LogP) is -0.196. The van der Waals surface area contributed by atoms with Gasteiger partial charge in [-0.1, -0.05) is 6.58 Å². The zero-order chi connectivity index (χ0) is 14.7. The molecular formula is C14H19N5O2. The number of ether oxygens (including phenoxy) is 1. The summed E-state index contributed by atoms with van der Waals surface area (Å²) in [5.41, 5.74) is 0. The number of hydrogen-bond acceptors (Lipinski definition) is 6. The number of amides is 1. The van der Waals surface area contributed by atoms with Crippen molar-refractivity contribution in [2.75, 3.05) is 49.2 Å². The van der Waals surface area contributed by atoms with Crippen LogP contribution in [0.2, 0.25) is 0 Å². The number of nitrogens with zero attached hydrogens (tertiary/aromatic N) is 4. The number of anilines is 2. The van der Waals surface area contributed by atoms with Gasteiger partial charge in [-0.25, -0.2) is 4.98 Å². The van der Waals surface area contributed by atoms with Gasteiger partial charge in [0.25, 0.3) is 0 Å². The Morgan fingerprint density at radius 1 is 1.38 bits per heavy atom. The second-order valence-corrected chi connectivity index (χ2v) is 5.13. The molecule has 1 N–H and O–H groups in total. The van der Waals surface area contributed by atoms with E-state index in [4.69, 9.17) is 4.74 Å². The summed E-state index contributed by atoms with van der Waals surface area (Å²) in [6.45, 7) is 8.08. The lowest BCUT2D eigenvalue weighted by molar-refractivity contribution is -0.117. The average Bonchev–Trinajstić information content (AvgIpc) is 2.51. The van der Waals surface area contributed by atoms with E-state index >= 15 is 0 Å². The zero-order valence-electron chi connectivity index (χ0n) is 11.9. The largest absolute Gasteiger partial charge is 0.378 e. The zero-order valence-corrected chi connectivity index (χ0v) is 11.9. The van der Waals surface area contributed by atoms with Crippen molar-refractivity contribution < 1.29 is 9.53 Å². The van der Waals surface area contributed by atoms with E-state index in [0.717, 1.165) is 45.2 Å². The van der Waals surface area contributed by atoms with Crippen molar-refractivity contribution in [3.05, 3.63) is 24.9 Å². The summed E-state index contributed by atoms with van der Waals surface area (Å²) in [4.78, 5) is 24.4. The number of carbonyl (C=O) groups is 1. The van der Waals surface area contributed by atoms with Crippen LogP contribution in [0.1, 0.15) is 0 Å². The summed E-state index contributed by atoms with van der Waals surface area (Å²) >= 11 is 0. The number of carbonyl (C=O) groups excluding carboxylic acids is 1. The van der Waals surface area contributed by atoms with Crippen LogP contribution in [0.4, 0.5) is 11.8 Å². The smallest absolute Gasteiger partial charge is 0.243 e. The molecule has 0 spiro atoms. The molecule has 2 saturated heterocycles. The third-order valence-electron chi connectivity index (χ3n) is 3.66. The summed E-state index contributed by atoms with van der Waals surface area (Å²) < 4.78 is 5.35. The molecule has 21 heavy (non-hydrogen) atoms. The maximum Gasteiger partial charge on any atom is 0.243 e. The van der Waals surface area contributed by atoms with Gasteiger partial charge in [0.15, 0.2) is 0 Å². The van der Waals surface area contributed by atoms with E-state index in [1.165, 1.54) is 6.08 Å². The summed E-state index contributed by atoms with van der Waals surface area (Å²) in [6, 6.07) is 2.07. The molecule has 2 fully saturated rings. The minimum absolute atomic E-state index is 0.136. The van der Waals surface area contributed by atoms with Crippen LogP contribution in [0.15, 0.2) is 24.9 Å². The SMILES string of the molecule is C=CC(=O)NC1CN(c2nccc(N3CCOCC3)n2)C1. The van der Waals surface area contributed by atoms with E-state index in [-0.39, 0.29) is 11.9 Å². The molecule has 112 valence electrons. The van der Waals surface area contributed by atoms with Crippen molar-refractivity contribution >= 4 is 17.7 Å². The van der Waals surface area contributed by atoms with Gasteiger partial charge in [-0.05, 0) is 12.1 Å². The van der Waals surface area contributed by atoms with E-state index in [0.29, 0.717) is 5.95 Å². The topological polar surface area (TPSA) is 70.6 Å². The Morgan fingerprint density at radius 3 is 2.86 bits per heavy atom. The molecule has 7 nitrogen and oxygen atoms in total. The molecule has 0 bridgehead atoms. The number of rotatable bonds is 4. The molecule has 0 aliphatic carbocycles. The molecule has 0 aromatic carbocycles. The molecule has 0 radical (unpaired) electrons. The molecule has 0 unspecified atom stereocenters. The molecule has 1 amide bonds. The van der Waals surface area contributed by atoms with Crippen molar-refractivity contribution in [3.8, 4) is 0 Å². The average molecular weight is 289 g/mol. The Bertz CT molecular complexity index is 524.